The molecule has 46 valence electrons. The van der Waals surface area contributed by atoms with Crippen LogP contribution in [0.3, 0.4) is 0 Å². The molecule has 0 spiro atoms. The topological polar surface area (TPSA) is 73.6 Å². The van der Waals surface area contributed by atoms with E-state index < -0.39 is 12.0 Å². The minimum absolute atomic E-state index is 0.190. The van der Waals surface area contributed by atoms with Gasteiger partial charge in [-0.15, -0.1) is 0 Å². The first-order chi connectivity index (χ1) is 3.80. The predicted octanol–water partition coefficient (Wildman–Crippen LogP) is -1.69. The zero-order valence-corrected chi connectivity index (χ0v) is 4.09. The SMILES string of the molecule is NC(=O)C1CONO1. The Hall–Kier alpha value is -0.650. The fourth-order valence-electron chi connectivity index (χ4n) is 0.376. The summed E-state index contributed by atoms with van der Waals surface area (Å²) in [5.41, 5.74) is 6.87. The molecule has 1 amide bonds. The van der Waals surface area contributed by atoms with E-state index in [-0.39, 0.29) is 6.61 Å². The maximum Gasteiger partial charge on any atom is 0.251 e. The summed E-state index contributed by atoms with van der Waals surface area (Å²) in [5, 5.41) is 0. The van der Waals surface area contributed by atoms with Crippen molar-refractivity contribution >= 4 is 5.91 Å². The third-order valence-electron chi connectivity index (χ3n) is 0.801. The van der Waals surface area contributed by atoms with Gasteiger partial charge in [-0.3, -0.25) is 14.5 Å². The van der Waals surface area contributed by atoms with E-state index in [0.29, 0.717) is 0 Å². The Morgan fingerprint density at radius 2 is 2.62 bits per heavy atom. The van der Waals surface area contributed by atoms with Crippen molar-refractivity contribution in [3.63, 3.8) is 0 Å². The normalized spacial score (nSPS) is 28.2. The summed E-state index contributed by atoms with van der Waals surface area (Å²) in [5.74, 6) is -0.519. The number of hydrogen-bond acceptors (Lipinski definition) is 4. The van der Waals surface area contributed by atoms with Crippen LogP contribution in [0.25, 0.3) is 0 Å². The van der Waals surface area contributed by atoms with Gasteiger partial charge in [0.2, 0.25) is 0 Å². The highest BCUT2D eigenvalue weighted by atomic mass is 16.9. The number of amides is 1. The maximum absolute atomic E-state index is 10.2. The molecule has 1 atom stereocenters. The fourth-order valence-corrected chi connectivity index (χ4v) is 0.376. The molecule has 1 heterocycles. The van der Waals surface area contributed by atoms with Gasteiger partial charge in [-0.2, -0.15) is 0 Å². The number of primary amides is 1. The van der Waals surface area contributed by atoms with Gasteiger partial charge in [-0.05, 0) is 0 Å². The van der Waals surface area contributed by atoms with Crippen molar-refractivity contribution in [3.8, 4) is 0 Å². The third kappa shape index (κ3) is 0.945. The Morgan fingerprint density at radius 3 is 2.88 bits per heavy atom. The van der Waals surface area contributed by atoms with E-state index in [1.54, 1.807) is 0 Å². The van der Waals surface area contributed by atoms with E-state index in [1.165, 1.54) is 0 Å². The Bertz CT molecular complexity index is 98.7. The molecular weight excluding hydrogens is 112 g/mol. The van der Waals surface area contributed by atoms with E-state index in [2.05, 4.69) is 15.3 Å². The Balaban J connectivity index is 2.35. The monoisotopic (exact) mass is 118 g/mol. The van der Waals surface area contributed by atoms with Crippen LogP contribution in [0.1, 0.15) is 0 Å². The molecule has 0 aromatic heterocycles. The van der Waals surface area contributed by atoms with Gasteiger partial charge < -0.3 is 5.73 Å². The maximum atomic E-state index is 10.2. The van der Waals surface area contributed by atoms with Crippen LogP contribution in [0.5, 0.6) is 0 Å². The Labute approximate surface area is 45.6 Å². The summed E-state index contributed by atoms with van der Waals surface area (Å²) in [4.78, 5) is 19.1. The van der Waals surface area contributed by atoms with Crippen molar-refractivity contribution in [2.24, 2.45) is 5.73 Å². The van der Waals surface area contributed by atoms with Crippen LogP contribution in [-0.2, 0) is 14.5 Å². The molecule has 3 N–H and O–H groups in total. The van der Waals surface area contributed by atoms with E-state index >= 15 is 0 Å². The van der Waals surface area contributed by atoms with Crippen LogP contribution < -0.4 is 11.4 Å². The number of nitrogens with one attached hydrogen (secondary N) is 1. The minimum Gasteiger partial charge on any atom is -0.367 e. The van der Waals surface area contributed by atoms with E-state index in [4.69, 9.17) is 5.73 Å². The number of carbonyl (C=O) groups excluding carboxylic acids is 1. The second kappa shape index (κ2) is 2.08. The molecule has 0 aromatic rings. The van der Waals surface area contributed by atoms with Gasteiger partial charge in [0.15, 0.2) is 6.10 Å². The van der Waals surface area contributed by atoms with Crippen LogP contribution in [0, 0.1) is 0 Å². The number of carbonyl (C=O) groups is 1. The largest absolute Gasteiger partial charge is 0.367 e. The average Bonchev–Trinajstić information content (AvgIpc) is 2.12. The van der Waals surface area contributed by atoms with Gasteiger partial charge in [0.25, 0.3) is 5.91 Å². The van der Waals surface area contributed by atoms with Gasteiger partial charge in [0.05, 0.1) is 0 Å². The van der Waals surface area contributed by atoms with E-state index in [9.17, 15) is 4.79 Å². The summed E-state index contributed by atoms with van der Waals surface area (Å²) in [6.07, 6.45) is -0.630. The lowest BCUT2D eigenvalue weighted by atomic mass is 10.4. The highest BCUT2D eigenvalue weighted by Gasteiger charge is 2.21. The van der Waals surface area contributed by atoms with E-state index in [0.717, 1.165) is 0 Å². The third-order valence-corrected chi connectivity index (χ3v) is 0.801. The van der Waals surface area contributed by atoms with Gasteiger partial charge in [-0.25, -0.2) is 0 Å². The van der Waals surface area contributed by atoms with Gasteiger partial charge in [-0.1, -0.05) is 5.64 Å². The summed E-state index contributed by atoms with van der Waals surface area (Å²) >= 11 is 0. The molecule has 0 radical (unpaired) electrons. The van der Waals surface area contributed by atoms with Crippen LogP contribution in [0.4, 0.5) is 0 Å². The molecule has 1 saturated heterocycles. The highest BCUT2D eigenvalue weighted by molar-refractivity contribution is 5.79. The molecule has 1 unspecified atom stereocenters. The van der Waals surface area contributed by atoms with E-state index in [1.807, 2.05) is 0 Å². The lowest BCUT2D eigenvalue weighted by Crippen LogP contribution is -2.30. The van der Waals surface area contributed by atoms with Gasteiger partial charge in [0.1, 0.15) is 6.61 Å². The first-order valence-corrected chi connectivity index (χ1v) is 2.12. The molecule has 5 heteroatoms. The summed E-state index contributed by atoms with van der Waals surface area (Å²) in [6, 6.07) is 0. The Morgan fingerprint density at radius 1 is 1.88 bits per heavy atom. The summed E-state index contributed by atoms with van der Waals surface area (Å²) in [6.45, 7) is 0.190. The molecule has 0 aliphatic carbocycles. The zero-order valence-electron chi connectivity index (χ0n) is 4.09. The van der Waals surface area contributed by atoms with Crippen molar-refractivity contribution < 1.29 is 14.5 Å². The molecule has 5 nitrogen and oxygen atoms in total. The first kappa shape index (κ1) is 5.49. The molecule has 1 rings (SSSR count). The van der Waals surface area contributed by atoms with Crippen molar-refractivity contribution in [1.82, 2.24) is 5.64 Å². The van der Waals surface area contributed by atoms with Crippen LogP contribution in [0.2, 0.25) is 0 Å². The number of rotatable bonds is 1. The standard InChI is InChI=1S/C3H6N2O3/c4-3(6)2-1-7-5-8-2/h2,5H,1H2,(H2,4,6). The first-order valence-electron chi connectivity index (χ1n) is 2.12. The molecule has 0 saturated carbocycles. The lowest BCUT2D eigenvalue weighted by molar-refractivity contribution is -0.133. The zero-order chi connectivity index (χ0) is 5.98. The van der Waals surface area contributed by atoms with Crippen molar-refractivity contribution in [1.29, 1.82) is 0 Å². The molecule has 8 heavy (non-hydrogen) atoms. The minimum atomic E-state index is -0.630. The molecule has 0 bridgehead atoms. The van der Waals surface area contributed by atoms with Crippen molar-refractivity contribution in [2.75, 3.05) is 6.61 Å². The number of hydrogen-bond donors (Lipinski definition) is 2. The highest BCUT2D eigenvalue weighted by Crippen LogP contribution is 1.94. The van der Waals surface area contributed by atoms with Crippen LogP contribution >= 0.6 is 0 Å². The van der Waals surface area contributed by atoms with Gasteiger partial charge >= 0.3 is 0 Å². The molecule has 0 aromatic carbocycles. The molecule has 1 aliphatic rings. The fraction of sp³-hybridized carbons (Fsp3) is 0.667. The quantitative estimate of drug-likeness (QED) is 0.430. The van der Waals surface area contributed by atoms with Crippen molar-refractivity contribution in [2.45, 2.75) is 6.10 Å². The summed E-state index contributed by atoms with van der Waals surface area (Å²) in [7, 11) is 0. The molecule has 1 aliphatic heterocycles. The lowest BCUT2D eigenvalue weighted by Gasteiger charge is -1.95. The summed E-state index contributed by atoms with van der Waals surface area (Å²) < 4.78 is 0. The predicted molar refractivity (Wildman–Crippen MR) is 23.2 cm³/mol. The van der Waals surface area contributed by atoms with Crippen LogP contribution in [0.15, 0.2) is 0 Å². The molecular formula is C3H6N2O3. The second-order valence-electron chi connectivity index (χ2n) is 1.40. The second-order valence-corrected chi connectivity index (χ2v) is 1.40. The average molecular weight is 118 g/mol. The Kier molecular flexibility index (Phi) is 1.43. The van der Waals surface area contributed by atoms with Crippen LogP contribution in [-0.4, -0.2) is 18.6 Å². The number of nitrogens with two attached hydrogens (primary N) is 1. The smallest absolute Gasteiger partial charge is 0.251 e. The van der Waals surface area contributed by atoms with Gasteiger partial charge in [0, 0.05) is 0 Å². The molecule has 1 fully saturated rings. The van der Waals surface area contributed by atoms with Crippen molar-refractivity contribution in [3.05, 3.63) is 0 Å².